The molecule has 0 aliphatic carbocycles. The molecule has 7 heteroatoms. The molecule has 35 heavy (non-hydrogen) atoms. The van der Waals surface area contributed by atoms with Gasteiger partial charge in [0.15, 0.2) is 0 Å². The van der Waals surface area contributed by atoms with Gasteiger partial charge in [-0.3, -0.25) is 0 Å². The summed E-state index contributed by atoms with van der Waals surface area (Å²) in [6.45, 7) is 5.68. The van der Waals surface area contributed by atoms with E-state index in [4.69, 9.17) is 11.5 Å². The van der Waals surface area contributed by atoms with Crippen LogP contribution in [0.2, 0.25) is 0 Å². The molecule has 0 radical (unpaired) electrons. The number of benzene rings is 2. The molecule has 0 aliphatic heterocycles. The molecule has 0 saturated heterocycles. The average molecular weight is 476 g/mol. The van der Waals surface area contributed by atoms with Gasteiger partial charge >= 0.3 is 6.03 Å². The highest BCUT2D eigenvalue weighted by Gasteiger charge is 2.13. The van der Waals surface area contributed by atoms with Gasteiger partial charge in [-0.1, -0.05) is 61.5 Å². The molecule has 3 aromatic rings. The molecule has 2 atom stereocenters. The van der Waals surface area contributed by atoms with E-state index < -0.39 is 12.1 Å². The third kappa shape index (κ3) is 8.38. The molecule has 0 fully saturated rings. The number of hydrogen-bond donors (Lipinski definition) is 4. The Balaban J connectivity index is 1.52. The molecule has 0 bridgehead atoms. The molecule has 0 aliphatic rings. The van der Waals surface area contributed by atoms with Gasteiger partial charge in [0.05, 0.1) is 6.10 Å². The normalized spacial score (nSPS) is 12.8. The van der Waals surface area contributed by atoms with Gasteiger partial charge in [0.25, 0.3) is 0 Å². The number of nitrogens with one attached hydrogen (secondary N) is 1. The maximum atomic E-state index is 12.1. The van der Waals surface area contributed by atoms with Crippen molar-refractivity contribution in [3.05, 3.63) is 94.7 Å². The van der Waals surface area contributed by atoms with E-state index in [2.05, 4.69) is 60.5 Å². The van der Waals surface area contributed by atoms with Crippen LogP contribution in [-0.2, 0) is 25.8 Å². The molecule has 0 spiro atoms. The van der Waals surface area contributed by atoms with Crippen LogP contribution in [-0.4, -0.2) is 40.2 Å². The molecule has 7 nitrogen and oxygen atoms in total. The van der Waals surface area contributed by atoms with Crippen LogP contribution >= 0.6 is 0 Å². The number of urea groups is 1. The lowest BCUT2D eigenvalue weighted by molar-refractivity contribution is 0.170. The highest BCUT2D eigenvalue weighted by Crippen LogP contribution is 2.14. The van der Waals surface area contributed by atoms with Gasteiger partial charge in [-0.2, -0.15) is 0 Å². The van der Waals surface area contributed by atoms with Gasteiger partial charge in [0.1, 0.15) is 5.82 Å². The van der Waals surface area contributed by atoms with Gasteiger partial charge in [-0.15, -0.1) is 0 Å². The summed E-state index contributed by atoms with van der Waals surface area (Å²) in [5.41, 5.74) is 16.7. The fourth-order valence-electron chi connectivity index (χ4n) is 4.02. The number of pyridine rings is 1. The summed E-state index contributed by atoms with van der Waals surface area (Å²) in [5, 5.41) is 13.8. The van der Waals surface area contributed by atoms with Crippen molar-refractivity contribution in [1.82, 2.24) is 15.2 Å². The first kappa shape index (κ1) is 26.2. The van der Waals surface area contributed by atoms with Gasteiger partial charge < -0.3 is 26.8 Å². The number of nitrogen functional groups attached to an aromatic ring is 1. The molecular formula is C28H37N5O2. The van der Waals surface area contributed by atoms with E-state index in [9.17, 15) is 9.90 Å². The second-order valence-electron chi connectivity index (χ2n) is 9.05. The summed E-state index contributed by atoms with van der Waals surface area (Å²) < 4.78 is 0. The quantitative estimate of drug-likeness (QED) is 0.319. The Hall–Kier alpha value is -3.42. The monoisotopic (exact) mass is 475 g/mol. The molecule has 0 saturated carbocycles. The number of rotatable bonds is 12. The summed E-state index contributed by atoms with van der Waals surface area (Å²) in [7, 11) is 0. The third-order valence-corrected chi connectivity index (χ3v) is 6.17. The fourth-order valence-corrected chi connectivity index (χ4v) is 4.02. The van der Waals surface area contributed by atoms with Crippen LogP contribution < -0.4 is 16.8 Å². The summed E-state index contributed by atoms with van der Waals surface area (Å²) in [6, 6.07) is 19.9. The van der Waals surface area contributed by atoms with Gasteiger partial charge in [0, 0.05) is 37.4 Å². The fraction of sp³-hybridized carbons (Fsp3) is 0.357. The zero-order valence-electron chi connectivity index (χ0n) is 20.7. The summed E-state index contributed by atoms with van der Waals surface area (Å²) >= 11 is 0. The molecule has 2 aromatic carbocycles. The molecule has 1 aromatic heterocycles. The molecule has 6 N–H and O–H groups in total. The second-order valence-corrected chi connectivity index (χ2v) is 9.05. The van der Waals surface area contributed by atoms with E-state index in [0.29, 0.717) is 25.5 Å². The number of aliphatic hydroxyl groups is 1. The van der Waals surface area contributed by atoms with Crippen LogP contribution in [0.1, 0.15) is 47.8 Å². The Morgan fingerprint density at radius 2 is 1.77 bits per heavy atom. The number of amides is 2. The summed E-state index contributed by atoms with van der Waals surface area (Å²) in [6.07, 6.45) is 3.51. The van der Waals surface area contributed by atoms with Crippen LogP contribution in [0.25, 0.3) is 0 Å². The maximum absolute atomic E-state index is 12.1. The Bertz CT molecular complexity index is 1070. The van der Waals surface area contributed by atoms with Crippen LogP contribution in [0.3, 0.4) is 0 Å². The molecule has 0 unspecified atom stereocenters. The van der Waals surface area contributed by atoms with Crippen LogP contribution in [0.5, 0.6) is 0 Å². The number of nitrogens with two attached hydrogens (primary N) is 2. The van der Waals surface area contributed by atoms with E-state index >= 15 is 0 Å². The van der Waals surface area contributed by atoms with Crippen molar-refractivity contribution in [1.29, 1.82) is 0 Å². The summed E-state index contributed by atoms with van der Waals surface area (Å²) in [4.78, 5) is 17.8. The molecule has 2 amide bonds. The van der Waals surface area contributed by atoms with Crippen molar-refractivity contribution < 1.29 is 9.90 Å². The molecule has 3 rings (SSSR count). The second kappa shape index (κ2) is 12.9. The van der Waals surface area contributed by atoms with Gasteiger partial charge in [-0.05, 0) is 54.5 Å². The standard InChI is InChI=1S/C28H37N5O2/c1-3-21-7-9-22(10-8-21)13-14-33(28(30)35)19-24-6-4-5-23(16-24)15-20(2)31-18-26(34)25-11-12-27(29)32-17-25/h4-12,16-17,20,26,31,34H,3,13-15,18-19H2,1-2H3,(H2,29,32)(H2,30,35)/t20-,26-/m1/s1. The lowest BCUT2D eigenvalue weighted by Gasteiger charge is -2.21. The van der Waals surface area contributed by atoms with Gasteiger partial charge in [-0.25, -0.2) is 9.78 Å². The lowest BCUT2D eigenvalue weighted by atomic mass is 10.0. The van der Waals surface area contributed by atoms with Crippen molar-refractivity contribution in [3.63, 3.8) is 0 Å². The van der Waals surface area contributed by atoms with Crippen LogP contribution in [0.4, 0.5) is 10.6 Å². The molecule has 1 heterocycles. The zero-order valence-corrected chi connectivity index (χ0v) is 20.7. The zero-order chi connectivity index (χ0) is 25.2. The number of aromatic nitrogens is 1. The SMILES string of the molecule is CCc1ccc(CCN(Cc2cccc(C[C@@H](C)NC[C@@H](O)c3ccc(N)nc3)c2)C(N)=O)cc1. The minimum atomic E-state index is -0.654. The smallest absolute Gasteiger partial charge is 0.315 e. The topological polar surface area (TPSA) is 118 Å². The largest absolute Gasteiger partial charge is 0.387 e. The lowest BCUT2D eigenvalue weighted by Crippen LogP contribution is -2.36. The van der Waals surface area contributed by atoms with Gasteiger partial charge in [0.2, 0.25) is 0 Å². The van der Waals surface area contributed by atoms with E-state index in [1.54, 1.807) is 23.2 Å². The maximum Gasteiger partial charge on any atom is 0.315 e. The Kier molecular flexibility index (Phi) is 9.64. The Morgan fingerprint density at radius 3 is 2.43 bits per heavy atom. The Labute approximate surface area is 208 Å². The van der Waals surface area contributed by atoms with E-state index in [-0.39, 0.29) is 6.04 Å². The molecular weight excluding hydrogens is 438 g/mol. The van der Waals surface area contributed by atoms with Crippen molar-refractivity contribution in [3.8, 4) is 0 Å². The number of aryl methyl sites for hydroxylation is 1. The third-order valence-electron chi connectivity index (χ3n) is 6.17. The first-order valence-electron chi connectivity index (χ1n) is 12.2. The minimum absolute atomic E-state index is 0.153. The number of aliphatic hydroxyl groups excluding tert-OH is 1. The number of nitrogens with zero attached hydrogens (tertiary/aromatic N) is 2. The number of hydrogen-bond acceptors (Lipinski definition) is 5. The number of carbonyl (C=O) groups is 1. The van der Waals surface area contributed by atoms with Crippen LogP contribution in [0, 0.1) is 0 Å². The van der Waals surface area contributed by atoms with Crippen LogP contribution in [0.15, 0.2) is 66.9 Å². The predicted molar refractivity (Wildman–Crippen MR) is 141 cm³/mol. The first-order chi connectivity index (χ1) is 16.8. The molecule has 186 valence electrons. The van der Waals surface area contributed by atoms with E-state index in [1.165, 1.54) is 11.1 Å². The Morgan fingerprint density at radius 1 is 1.06 bits per heavy atom. The number of carbonyl (C=O) groups excluding carboxylic acids is 1. The average Bonchev–Trinajstić information content (AvgIpc) is 2.86. The number of primary amides is 1. The highest BCUT2D eigenvalue weighted by atomic mass is 16.3. The van der Waals surface area contributed by atoms with Crippen molar-refractivity contribution in [2.45, 2.75) is 51.8 Å². The summed E-state index contributed by atoms with van der Waals surface area (Å²) in [5.74, 6) is 0.433. The van der Waals surface area contributed by atoms with Crippen molar-refractivity contribution >= 4 is 11.8 Å². The highest BCUT2D eigenvalue weighted by molar-refractivity contribution is 5.72. The van der Waals surface area contributed by atoms with Crippen molar-refractivity contribution in [2.24, 2.45) is 5.73 Å². The number of anilines is 1. The predicted octanol–water partition coefficient (Wildman–Crippen LogP) is 3.60. The first-order valence-corrected chi connectivity index (χ1v) is 12.2. The van der Waals surface area contributed by atoms with E-state index in [1.807, 2.05) is 12.1 Å². The van der Waals surface area contributed by atoms with E-state index in [0.717, 1.165) is 36.0 Å². The minimum Gasteiger partial charge on any atom is -0.387 e. The van der Waals surface area contributed by atoms with Crippen molar-refractivity contribution in [2.75, 3.05) is 18.8 Å².